The van der Waals surface area contributed by atoms with Crippen molar-refractivity contribution >= 4 is 11.6 Å². The molecule has 0 spiro atoms. The van der Waals surface area contributed by atoms with Crippen LogP contribution >= 0.6 is 0 Å². The van der Waals surface area contributed by atoms with Gasteiger partial charge in [-0.1, -0.05) is 74.1 Å². The predicted molar refractivity (Wildman–Crippen MR) is 114 cm³/mol. The van der Waals surface area contributed by atoms with E-state index >= 15 is 0 Å². The first-order valence-electron chi connectivity index (χ1n) is 9.76. The summed E-state index contributed by atoms with van der Waals surface area (Å²) in [5.41, 5.74) is 9.51. The highest BCUT2D eigenvalue weighted by molar-refractivity contribution is 5.76. The van der Waals surface area contributed by atoms with Crippen LogP contribution in [0.25, 0.3) is 11.6 Å². The number of hydrogen-bond acceptors (Lipinski definition) is 0. The van der Waals surface area contributed by atoms with Gasteiger partial charge < -0.3 is 0 Å². The number of rotatable bonds is 1. The summed E-state index contributed by atoms with van der Waals surface area (Å²) >= 11 is 0. The smallest absolute Gasteiger partial charge is 0.0126 e. The van der Waals surface area contributed by atoms with E-state index in [0.29, 0.717) is 5.92 Å². The van der Waals surface area contributed by atoms with Crippen LogP contribution in [0.3, 0.4) is 0 Å². The third kappa shape index (κ3) is 5.33. The van der Waals surface area contributed by atoms with Gasteiger partial charge in [-0.2, -0.15) is 0 Å². The van der Waals surface area contributed by atoms with E-state index in [2.05, 4.69) is 71.2 Å². The molecule has 0 radical (unpaired) electrons. The van der Waals surface area contributed by atoms with Gasteiger partial charge in [0.15, 0.2) is 0 Å². The summed E-state index contributed by atoms with van der Waals surface area (Å²) in [4.78, 5) is 0. The van der Waals surface area contributed by atoms with Gasteiger partial charge in [0.2, 0.25) is 0 Å². The Morgan fingerprint density at radius 2 is 1.88 bits per heavy atom. The Morgan fingerprint density at radius 1 is 1.12 bits per heavy atom. The molecule has 0 nitrogen and oxygen atoms in total. The summed E-state index contributed by atoms with van der Waals surface area (Å²) in [6, 6.07) is 4.65. The molecule has 0 fully saturated rings. The Hall–Kier alpha value is -1.82. The Bertz CT molecular complexity index is 697. The minimum absolute atomic E-state index is 0.542. The molecule has 1 aromatic carbocycles. The number of allylic oxidation sites excluding steroid dienone is 5. The molecule has 0 aromatic heterocycles. The molecule has 0 heteroatoms. The molecule has 1 aliphatic rings. The lowest BCUT2D eigenvalue weighted by atomic mass is 9.88. The normalized spacial score (nSPS) is 23.4. The highest BCUT2D eigenvalue weighted by Gasteiger charge is 2.12. The van der Waals surface area contributed by atoms with Crippen molar-refractivity contribution in [2.45, 2.75) is 66.2 Å². The lowest BCUT2D eigenvalue weighted by Crippen LogP contribution is -1.99. The van der Waals surface area contributed by atoms with Crippen molar-refractivity contribution in [3.05, 3.63) is 70.8 Å². The molecule has 0 bridgehead atoms. The Morgan fingerprint density at radius 3 is 2.60 bits per heavy atom. The van der Waals surface area contributed by atoms with E-state index in [-0.39, 0.29) is 0 Å². The summed E-state index contributed by atoms with van der Waals surface area (Å²) in [5.74, 6) is 0.542. The summed E-state index contributed by atoms with van der Waals surface area (Å²) in [6.45, 7) is 17.7. The van der Waals surface area contributed by atoms with Crippen LogP contribution in [0.2, 0.25) is 0 Å². The first-order valence-corrected chi connectivity index (χ1v) is 9.76. The lowest BCUT2D eigenvalue weighted by molar-refractivity contribution is 0.635. The molecule has 1 aromatic rings. The largest absolute Gasteiger partial charge is 0.0956 e. The molecular weight excluding hydrogens is 300 g/mol. The van der Waals surface area contributed by atoms with E-state index in [1.807, 2.05) is 0 Å². The van der Waals surface area contributed by atoms with Gasteiger partial charge >= 0.3 is 0 Å². The van der Waals surface area contributed by atoms with E-state index in [0.717, 1.165) is 38.5 Å². The van der Waals surface area contributed by atoms with Crippen molar-refractivity contribution in [2.75, 3.05) is 0 Å². The molecule has 134 valence electrons. The van der Waals surface area contributed by atoms with Gasteiger partial charge in [-0.05, 0) is 80.6 Å². The molecule has 0 heterocycles. The second-order valence-corrected chi connectivity index (χ2v) is 7.65. The van der Waals surface area contributed by atoms with Gasteiger partial charge in [0.05, 0.1) is 0 Å². The van der Waals surface area contributed by atoms with Crippen molar-refractivity contribution in [3.8, 4) is 0 Å². The van der Waals surface area contributed by atoms with E-state index in [9.17, 15) is 0 Å². The summed E-state index contributed by atoms with van der Waals surface area (Å²) in [5, 5.41) is 0. The Labute approximate surface area is 155 Å². The fourth-order valence-corrected chi connectivity index (χ4v) is 3.71. The molecule has 1 aliphatic carbocycles. The monoisotopic (exact) mass is 334 g/mol. The third-order valence-electron chi connectivity index (χ3n) is 5.31. The van der Waals surface area contributed by atoms with Crippen LogP contribution in [0.4, 0.5) is 0 Å². The van der Waals surface area contributed by atoms with Crippen LogP contribution < -0.4 is 0 Å². The zero-order chi connectivity index (χ0) is 18.4. The summed E-state index contributed by atoms with van der Waals surface area (Å²) < 4.78 is 0. The quantitative estimate of drug-likeness (QED) is 0.494. The first kappa shape index (κ1) is 19.5. The Kier molecular flexibility index (Phi) is 7.05. The van der Waals surface area contributed by atoms with Crippen LogP contribution in [0, 0.1) is 12.8 Å². The molecule has 2 rings (SSSR count). The average molecular weight is 335 g/mol. The van der Waals surface area contributed by atoms with Crippen LogP contribution in [0.1, 0.15) is 75.1 Å². The minimum atomic E-state index is 0.542. The van der Waals surface area contributed by atoms with Crippen molar-refractivity contribution in [1.29, 1.82) is 0 Å². The SMILES string of the molecule is C=C1CCC/C(C)=C\C(=C)C(C)CC/C=C/c2cc(C)cc(CC)c21. The number of aryl methyl sites for hydroxylation is 2. The first-order chi connectivity index (χ1) is 11.9. The third-order valence-corrected chi connectivity index (χ3v) is 5.31. The van der Waals surface area contributed by atoms with Crippen LogP contribution in [0.5, 0.6) is 0 Å². The maximum atomic E-state index is 4.44. The molecular formula is C25H34. The van der Waals surface area contributed by atoms with E-state index < -0.39 is 0 Å². The molecule has 1 unspecified atom stereocenters. The molecule has 0 amide bonds. The van der Waals surface area contributed by atoms with Gasteiger partial charge in [-0.25, -0.2) is 0 Å². The standard InChI is InChI=1S/C25H34/c1-7-23-16-19(3)17-24-14-9-8-12-20(4)22(6)15-18(2)11-10-13-21(5)25(23)24/h9,14-17,20H,5-8,10-13H2,1-4H3/b14-9+,18-15-. The van der Waals surface area contributed by atoms with Crippen molar-refractivity contribution in [2.24, 2.45) is 5.92 Å². The molecule has 0 saturated heterocycles. The van der Waals surface area contributed by atoms with Crippen LogP contribution in [0.15, 0.2) is 48.6 Å². The second-order valence-electron chi connectivity index (χ2n) is 7.65. The van der Waals surface area contributed by atoms with Crippen LogP contribution in [-0.2, 0) is 6.42 Å². The zero-order valence-corrected chi connectivity index (χ0v) is 16.6. The number of hydrogen-bond donors (Lipinski definition) is 0. The molecule has 25 heavy (non-hydrogen) atoms. The van der Waals surface area contributed by atoms with Gasteiger partial charge in [0.1, 0.15) is 0 Å². The van der Waals surface area contributed by atoms with Gasteiger partial charge in [-0.15, -0.1) is 0 Å². The highest BCUT2D eigenvalue weighted by Crippen LogP contribution is 2.31. The maximum Gasteiger partial charge on any atom is -0.0126 e. The van der Waals surface area contributed by atoms with E-state index in [4.69, 9.17) is 0 Å². The Balaban J connectivity index is 2.39. The van der Waals surface area contributed by atoms with Crippen molar-refractivity contribution in [3.63, 3.8) is 0 Å². The molecule has 0 saturated carbocycles. The van der Waals surface area contributed by atoms with Gasteiger partial charge in [0, 0.05) is 0 Å². The lowest BCUT2D eigenvalue weighted by Gasteiger charge is -2.17. The predicted octanol–water partition coefficient (Wildman–Crippen LogP) is 7.69. The minimum Gasteiger partial charge on any atom is -0.0956 e. The van der Waals surface area contributed by atoms with E-state index in [1.165, 1.54) is 39.0 Å². The second kappa shape index (κ2) is 9.04. The number of fused-ring (bicyclic) bond motifs is 1. The van der Waals surface area contributed by atoms with Crippen molar-refractivity contribution in [1.82, 2.24) is 0 Å². The number of benzene rings is 1. The van der Waals surface area contributed by atoms with Gasteiger partial charge in [0.25, 0.3) is 0 Å². The van der Waals surface area contributed by atoms with Gasteiger partial charge in [-0.3, -0.25) is 0 Å². The summed E-state index contributed by atoms with van der Waals surface area (Å²) in [7, 11) is 0. The van der Waals surface area contributed by atoms with Crippen LogP contribution in [-0.4, -0.2) is 0 Å². The average Bonchev–Trinajstić information content (AvgIpc) is 2.56. The molecule has 0 aliphatic heterocycles. The molecule has 0 N–H and O–H groups in total. The topological polar surface area (TPSA) is 0 Å². The fraction of sp³-hybridized carbons (Fsp3) is 0.440. The van der Waals surface area contributed by atoms with E-state index in [1.54, 1.807) is 0 Å². The summed E-state index contributed by atoms with van der Waals surface area (Å²) in [6.07, 6.45) is 13.6. The zero-order valence-electron chi connectivity index (χ0n) is 16.6. The van der Waals surface area contributed by atoms with Crippen molar-refractivity contribution < 1.29 is 0 Å². The highest BCUT2D eigenvalue weighted by atomic mass is 14.2. The fourth-order valence-electron chi connectivity index (χ4n) is 3.71. The molecule has 1 atom stereocenters. The maximum absolute atomic E-state index is 4.44.